The molecule has 3 aliphatic heterocycles. The number of aromatic nitrogens is 6. The average Bonchev–Trinajstić information content (AvgIpc) is 1.60. The van der Waals surface area contributed by atoms with Crippen LogP contribution in [0.4, 0.5) is 0 Å². The van der Waals surface area contributed by atoms with Crippen LogP contribution in [0.3, 0.4) is 0 Å². The zero-order valence-corrected chi connectivity index (χ0v) is 88.7. The molecular weight excluding hydrogens is 2550 g/mol. The molecule has 3 aliphatic rings. The number of ether oxygens (including phenoxy) is 1. The summed E-state index contributed by atoms with van der Waals surface area (Å²) in [5, 5.41) is 32.3. The predicted molar refractivity (Wildman–Crippen MR) is 529 cm³/mol. The van der Waals surface area contributed by atoms with Crippen molar-refractivity contribution in [2.24, 2.45) is 0 Å². The fourth-order valence-electron chi connectivity index (χ4n) is 16.7. The van der Waals surface area contributed by atoms with Crippen LogP contribution in [0.5, 0.6) is 0 Å². The first-order chi connectivity index (χ1) is 61.9. The van der Waals surface area contributed by atoms with Gasteiger partial charge in [0.2, 0.25) is 0 Å². The maximum absolute atomic E-state index is 6.10. The summed E-state index contributed by atoms with van der Waals surface area (Å²) in [5.41, 5.74) is 39.6. The Morgan fingerprint density at radius 2 is 0.591 bits per heavy atom. The molecule has 5 heterocycles. The second kappa shape index (κ2) is 48.0. The summed E-state index contributed by atoms with van der Waals surface area (Å²) in [6.07, 6.45) is 5.58. The van der Waals surface area contributed by atoms with Gasteiger partial charge in [0.15, 0.2) is 0 Å². The number of hydrogen-bond acceptors (Lipinski definition) is 7. The van der Waals surface area contributed by atoms with E-state index in [9.17, 15) is 0 Å². The maximum Gasteiger partial charge on any atom is 0.116 e. The van der Waals surface area contributed by atoms with Gasteiger partial charge in [-0.2, -0.15) is 178 Å². The van der Waals surface area contributed by atoms with E-state index in [0.717, 1.165) is 73.3 Å². The van der Waals surface area contributed by atoms with Gasteiger partial charge in [-0.3, -0.25) is 0 Å². The predicted octanol–water partition coefficient (Wildman–Crippen LogP) is 30.6. The number of benzene rings is 15. The summed E-state index contributed by atoms with van der Waals surface area (Å²) in [6.45, 7) is 25.6. The fraction of sp³-hybridized carbons (Fsp3) is 0.130. The van der Waals surface area contributed by atoms with Gasteiger partial charge in [-0.25, -0.2) is 4.68 Å². The average molecular weight is 2650 g/mol. The zero-order chi connectivity index (χ0) is 87.9. The molecule has 3 unspecified atom stereocenters. The van der Waals surface area contributed by atoms with Crippen molar-refractivity contribution in [1.29, 1.82) is 0 Å². The first-order valence-electron chi connectivity index (χ1n) is 42.7. The van der Waals surface area contributed by atoms with E-state index in [1.165, 1.54) is 132 Å². The summed E-state index contributed by atoms with van der Waals surface area (Å²) in [7, 11) is 0. The number of thioether (sulfide) groups is 2. The van der Waals surface area contributed by atoms with E-state index >= 15 is 0 Å². The number of hydrogen-bond donors (Lipinski definition) is 0. The molecule has 0 spiro atoms. The SMILES string of the molecule is Cc1cc(-c2ccccc2)cc(C)c1-c1nn(-c2[c-]cccc2)nc1C.Cc1cc(-c2ccccc2)cc(C)c1-c1nnn(-c2[c-]cccc2)c1C.Cc1cc(-c2ccccc2)cc(C)c1C1=C[N-]C(c2[c-]cccc2)O1.Cc1cc(-c2ccccc2)cc(C)c1C1=C[N-]C(c2[c-]cccc2)S1.Cc1cc(-c2ccccc2)cc(C)c1C1=C[N-]C(c2[c-]cccc2)S1.[Ir].[Ir].[Ir].[Ir].[Ir]. The van der Waals surface area contributed by atoms with Crippen LogP contribution in [-0.4, -0.2) is 30.0 Å². The van der Waals surface area contributed by atoms with E-state index in [1.54, 1.807) is 4.80 Å². The molecule has 0 N–H and O–H groups in total. The molecule has 0 fully saturated rings. The van der Waals surface area contributed by atoms with Crippen LogP contribution in [0, 0.1) is 113 Å². The molecule has 0 aliphatic carbocycles. The van der Waals surface area contributed by atoms with Crippen LogP contribution in [0.25, 0.3) is 121 Å². The summed E-state index contributed by atoms with van der Waals surface area (Å²) in [6, 6.07) is 131. The van der Waals surface area contributed by atoms with Crippen molar-refractivity contribution in [2.45, 2.75) is 100 Å². The number of aryl methyl sites for hydroxylation is 11. The smallest absolute Gasteiger partial charge is 0.116 e. The van der Waals surface area contributed by atoms with Crippen molar-refractivity contribution in [3.8, 4) is 89.5 Å². The third-order valence-electron chi connectivity index (χ3n) is 22.6. The Balaban J connectivity index is 0.000000158. The third-order valence-corrected chi connectivity index (χ3v) is 24.9. The summed E-state index contributed by atoms with van der Waals surface area (Å²) >= 11 is 3.62. The molecule has 10 nitrogen and oxygen atoms in total. The van der Waals surface area contributed by atoms with E-state index < -0.39 is 0 Å². The van der Waals surface area contributed by atoms with Crippen molar-refractivity contribution in [3.63, 3.8) is 0 Å². The molecule has 132 heavy (non-hydrogen) atoms. The van der Waals surface area contributed by atoms with Gasteiger partial charge in [-0.05, 0) is 227 Å². The molecular formula is C115H97Ir5N9OS2-8. The van der Waals surface area contributed by atoms with Gasteiger partial charge in [0.05, 0.1) is 11.4 Å². The molecule has 0 bridgehead atoms. The first-order valence-corrected chi connectivity index (χ1v) is 44.5. The summed E-state index contributed by atoms with van der Waals surface area (Å²) < 4.78 is 7.95. The molecule has 673 valence electrons. The molecule has 2 aromatic heterocycles. The Morgan fingerprint density at radius 1 is 0.288 bits per heavy atom. The standard InChI is InChI=1S/2C23H20N3.C23H19NO.2C23H19NS.5Ir/c1-16-14-20(19-10-6-4-7-11-19)15-17(2)22(16)23-18(3)26(25-24-23)21-12-8-5-9-13-21;1-16-14-20(19-10-6-4-7-11-19)15-17(2)22(16)23-18(3)24-26(25-23)21-12-8-5-9-13-21;3*1-16-13-20(18-9-5-3-6-10-18)14-17(2)22(16)21-15-24-23(25-21)19-11-7-4-8-12-19;;;;;/h2*4-12,14-15H,1-3H3;3*3-11,13-15,23H,1-2H3;;;;;/q2*-1;3*-2;;;;;. The maximum atomic E-state index is 6.10. The molecule has 0 saturated heterocycles. The zero-order valence-electron chi connectivity index (χ0n) is 75.1. The van der Waals surface area contributed by atoms with E-state index in [-0.39, 0.29) is 118 Å². The Labute approximate surface area is 854 Å². The summed E-state index contributed by atoms with van der Waals surface area (Å²) in [4.78, 5) is 4.16. The summed E-state index contributed by atoms with van der Waals surface area (Å²) in [5.74, 6) is 0.830. The minimum Gasteiger partial charge on any atom is -0.676 e. The van der Waals surface area contributed by atoms with Crippen molar-refractivity contribution in [3.05, 3.63) is 499 Å². The van der Waals surface area contributed by atoms with Crippen LogP contribution < -0.4 is 0 Å². The minimum absolute atomic E-state index is 0. The van der Waals surface area contributed by atoms with Crippen LogP contribution >= 0.6 is 23.5 Å². The van der Waals surface area contributed by atoms with Crippen LogP contribution in [0.15, 0.2) is 352 Å². The fourth-order valence-corrected chi connectivity index (χ4v) is 19.1. The number of nitrogens with zero attached hydrogens (tertiary/aromatic N) is 9. The molecule has 15 aromatic carbocycles. The molecule has 5 radical (unpaired) electrons. The van der Waals surface area contributed by atoms with Crippen molar-refractivity contribution < 1.29 is 105 Å². The Hall–Kier alpha value is -11.1. The Bertz CT molecular complexity index is 6190. The Kier molecular flexibility index (Phi) is 36.9. The van der Waals surface area contributed by atoms with Gasteiger partial charge in [-0.15, -0.1) is 52.5 Å². The number of rotatable bonds is 15. The van der Waals surface area contributed by atoms with E-state index in [0.29, 0.717) is 0 Å². The quantitative estimate of drug-likeness (QED) is 0.0940. The molecule has 17 aromatic rings. The molecule has 0 amide bonds. The van der Waals surface area contributed by atoms with Gasteiger partial charge in [0, 0.05) is 123 Å². The Morgan fingerprint density at radius 3 is 0.924 bits per heavy atom. The van der Waals surface area contributed by atoms with Gasteiger partial charge in [-0.1, -0.05) is 228 Å². The largest absolute Gasteiger partial charge is 0.676 e. The first kappa shape index (κ1) is 101. The monoisotopic (exact) mass is 2650 g/mol. The molecule has 0 saturated carbocycles. The molecule has 20 rings (SSSR count). The van der Waals surface area contributed by atoms with E-state index in [1.807, 2.05) is 181 Å². The van der Waals surface area contributed by atoms with Crippen LogP contribution in [0.1, 0.15) is 117 Å². The van der Waals surface area contributed by atoms with Gasteiger partial charge in [0.25, 0.3) is 0 Å². The normalized spacial score (nSPS) is 13.5. The molecule has 17 heteroatoms. The van der Waals surface area contributed by atoms with Crippen LogP contribution in [-0.2, 0) is 105 Å². The second-order valence-corrected chi connectivity index (χ2v) is 34.1. The van der Waals surface area contributed by atoms with Crippen molar-refractivity contribution in [1.82, 2.24) is 30.0 Å². The molecule has 3 atom stereocenters. The van der Waals surface area contributed by atoms with Gasteiger partial charge < -0.3 is 20.7 Å². The van der Waals surface area contributed by atoms with Crippen molar-refractivity contribution >= 4 is 39.1 Å². The van der Waals surface area contributed by atoms with Gasteiger partial charge in [0.1, 0.15) is 17.1 Å². The van der Waals surface area contributed by atoms with Gasteiger partial charge >= 0.3 is 0 Å². The van der Waals surface area contributed by atoms with Crippen LogP contribution in [0.2, 0.25) is 0 Å². The van der Waals surface area contributed by atoms with Crippen molar-refractivity contribution in [2.75, 3.05) is 0 Å². The third kappa shape index (κ3) is 24.3. The second-order valence-electron chi connectivity index (χ2n) is 31.9. The minimum atomic E-state index is -0.302. The van der Waals surface area contributed by atoms with E-state index in [4.69, 9.17) is 20.5 Å². The topological polar surface area (TPSA) is 113 Å². The van der Waals surface area contributed by atoms with E-state index in [2.05, 4.69) is 333 Å². The number of para-hydroxylation sites is 2.